The molecule has 15 heavy (non-hydrogen) atoms. The van der Waals surface area contributed by atoms with Gasteiger partial charge >= 0.3 is 0 Å². The number of hydrogen-bond donors (Lipinski definition) is 2. The second-order valence-corrected chi connectivity index (χ2v) is 3.91. The van der Waals surface area contributed by atoms with Crippen LogP contribution in [0.3, 0.4) is 0 Å². The van der Waals surface area contributed by atoms with E-state index in [2.05, 4.69) is 5.32 Å². The van der Waals surface area contributed by atoms with Crippen LogP contribution in [0.5, 0.6) is 0 Å². The largest absolute Gasteiger partial charge is 0.388 e. The number of nitrogens with one attached hydrogen (secondary N) is 1. The number of aryl methyl sites for hydroxylation is 1. The average molecular weight is 207 g/mol. The summed E-state index contributed by atoms with van der Waals surface area (Å²) in [4.78, 5) is 0. The second-order valence-electron chi connectivity index (χ2n) is 3.91. The molecule has 1 aliphatic heterocycles. The molecule has 0 saturated carbocycles. The van der Waals surface area contributed by atoms with Crippen LogP contribution >= 0.6 is 0 Å². The summed E-state index contributed by atoms with van der Waals surface area (Å²) in [7, 11) is 0. The van der Waals surface area contributed by atoms with E-state index in [-0.39, 0.29) is 5.82 Å². The van der Waals surface area contributed by atoms with E-state index >= 15 is 0 Å². The molecule has 1 heterocycles. The van der Waals surface area contributed by atoms with Crippen LogP contribution in [0.2, 0.25) is 0 Å². The van der Waals surface area contributed by atoms with Crippen molar-refractivity contribution in [2.24, 2.45) is 0 Å². The number of halogens is 1. The molecule has 0 amide bonds. The summed E-state index contributed by atoms with van der Waals surface area (Å²) in [5, 5.41) is 12.5. The van der Waals surface area contributed by atoms with E-state index in [0.29, 0.717) is 13.1 Å². The average Bonchev–Trinajstić information content (AvgIpc) is 2.16. The predicted molar refractivity (Wildman–Crippen MR) is 58.0 cm³/mol. The maximum absolute atomic E-state index is 13.2. The summed E-state index contributed by atoms with van der Waals surface area (Å²) in [6, 6.07) is 4.92. The predicted octanol–water partition coefficient (Wildman–Crippen LogP) is 1.48. The summed E-state index contributed by atoms with van der Waals surface area (Å²) in [5.41, 5.74) is 2.70. The molecule has 0 aromatic heterocycles. The SMILES string of the molecule is Cc1cc(F)cc(C2=CC(O)CNC2)c1. The molecule has 2 rings (SSSR count). The Hall–Kier alpha value is -1.19. The van der Waals surface area contributed by atoms with Crippen LogP contribution in [-0.2, 0) is 0 Å². The first-order valence-electron chi connectivity index (χ1n) is 5.02. The van der Waals surface area contributed by atoms with Crippen molar-refractivity contribution in [1.82, 2.24) is 5.32 Å². The van der Waals surface area contributed by atoms with Gasteiger partial charge in [-0.3, -0.25) is 0 Å². The van der Waals surface area contributed by atoms with E-state index < -0.39 is 6.10 Å². The highest BCUT2D eigenvalue weighted by atomic mass is 19.1. The Morgan fingerprint density at radius 3 is 2.87 bits per heavy atom. The van der Waals surface area contributed by atoms with Gasteiger partial charge in [0.15, 0.2) is 0 Å². The molecule has 0 saturated heterocycles. The summed E-state index contributed by atoms with van der Waals surface area (Å²) >= 11 is 0. The van der Waals surface area contributed by atoms with Gasteiger partial charge in [-0.2, -0.15) is 0 Å². The fourth-order valence-corrected chi connectivity index (χ4v) is 1.82. The Balaban J connectivity index is 2.36. The zero-order valence-corrected chi connectivity index (χ0v) is 8.63. The lowest BCUT2D eigenvalue weighted by Gasteiger charge is -2.19. The van der Waals surface area contributed by atoms with Crippen molar-refractivity contribution in [3.63, 3.8) is 0 Å². The Kier molecular flexibility index (Phi) is 2.84. The maximum Gasteiger partial charge on any atom is 0.124 e. The summed E-state index contributed by atoms with van der Waals surface area (Å²) in [6.07, 6.45) is 1.31. The van der Waals surface area contributed by atoms with Gasteiger partial charge in [-0.05, 0) is 41.8 Å². The molecular formula is C12H14FNO. The first kappa shape index (κ1) is 10.3. The van der Waals surface area contributed by atoms with Crippen molar-refractivity contribution < 1.29 is 9.50 Å². The Labute approximate surface area is 88.4 Å². The zero-order valence-electron chi connectivity index (χ0n) is 8.63. The molecule has 3 heteroatoms. The number of rotatable bonds is 1. The highest BCUT2D eigenvalue weighted by Gasteiger charge is 2.12. The molecule has 2 nitrogen and oxygen atoms in total. The van der Waals surface area contributed by atoms with Crippen LogP contribution in [0, 0.1) is 12.7 Å². The van der Waals surface area contributed by atoms with Crippen LogP contribution in [0.1, 0.15) is 11.1 Å². The van der Waals surface area contributed by atoms with Crippen LogP contribution in [0.4, 0.5) is 4.39 Å². The first-order valence-corrected chi connectivity index (χ1v) is 5.02. The number of aliphatic hydroxyl groups is 1. The van der Waals surface area contributed by atoms with E-state index in [0.717, 1.165) is 16.7 Å². The molecule has 1 aromatic carbocycles. The highest BCUT2D eigenvalue weighted by molar-refractivity contribution is 5.68. The Bertz CT molecular complexity index is 380. The first-order chi connectivity index (χ1) is 7.15. The second kappa shape index (κ2) is 4.13. The van der Waals surface area contributed by atoms with E-state index in [4.69, 9.17) is 0 Å². The fraction of sp³-hybridized carbons (Fsp3) is 0.333. The van der Waals surface area contributed by atoms with Crippen LogP contribution in [0.15, 0.2) is 24.3 Å². The third-order valence-electron chi connectivity index (χ3n) is 2.48. The van der Waals surface area contributed by atoms with Crippen molar-refractivity contribution in [2.45, 2.75) is 13.0 Å². The van der Waals surface area contributed by atoms with E-state index in [9.17, 15) is 9.50 Å². The normalized spacial score (nSPS) is 21.3. The fourth-order valence-electron chi connectivity index (χ4n) is 1.82. The molecule has 0 radical (unpaired) electrons. The van der Waals surface area contributed by atoms with Gasteiger partial charge in [-0.25, -0.2) is 4.39 Å². The maximum atomic E-state index is 13.2. The van der Waals surface area contributed by atoms with Gasteiger partial charge < -0.3 is 10.4 Å². The number of β-amino-alcohol motifs (C(OH)–C–C–N with tert-alkyl or cyclic N) is 1. The number of aliphatic hydroxyl groups excluding tert-OH is 1. The molecule has 1 aromatic rings. The molecule has 0 bridgehead atoms. The van der Waals surface area contributed by atoms with Crippen molar-refractivity contribution in [1.29, 1.82) is 0 Å². The lowest BCUT2D eigenvalue weighted by Crippen LogP contribution is -2.31. The standard InChI is InChI=1S/C12H14FNO/c1-8-2-9(4-11(13)3-8)10-5-12(15)7-14-6-10/h2-5,12,14-15H,6-7H2,1H3. The minimum atomic E-state index is -0.475. The van der Waals surface area contributed by atoms with Crippen LogP contribution < -0.4 is 5.32 Å². The topological polar surface area (TPSA) is 32.3 Å². The molecular weight excluding hydrogens is 193 g/mol. The van der Waals surface area contributed by atoms with Gasteiger partial charge in [-0.15, -0.1) is 0 Å². The van der Waals surface area contributed by atoms with Gasteiger partial charge in [0.2, 0.25) is 0 Å². The van der Waals surface area contributed by atoms with Gasteiger partial charge in [0.05, 0.1) is 6.10 Å². The molecule has 80 valence electrons. The van der Waals surface area contributed by atoms with E-state index in [1.807, 2.05) is 13.0 Å². The molecule has 1 aliphatic rings. The number of hydrogen-bond acceptors (Lipinski definition) is 2. The van der Waals surface area contributed by atoms with Gasteiger partial charge in [0.25, 0.3) is 0 Å². The van der Waals surface area contributed by atoms with Gasteiger partial charge in [-0.1, -0.05) is 6.07 Å². The van der Waals surface area contributed by atoms with E-state index in [1.54, 1.807) is 6.08 Å². The summed E-state index contributed by atoms with van der Waals surface area (Å²) in [5.74, 6) is -0.231. The smallest absolute Gasteiger partial charge is 0.124 e. The van der Waals surface area contributed by atoms with Crippen LogP contribution in [-0.4, -0.2) is 24.3 Å². The highest BCUT2D eigenvalue weighted by Crippen LogP contribution is 2.19. The molecule has 0 aliphatic carbocycles. The zero-order chi connectivity index (χ0) is 10.8. The molecule has 0 fully saturated rings. The van der Waals surface area contributed by atoms with Crippen molar-refractivity contribution >= 4 is 5.57 Å². The lowest BCUT2D eigenvalue weighted by atomic mass is 9.99. The third kappa shape index (κ3) is 2.43. The van der Waals surface area contributed by atoms with Gasteiger partial charge in [0, 0.05) is 13.1 Å². The van der Waals surface area contributed by atoms with Crippen molar-refractivity contribution in [3.05, 3.63) is 41.2 Å². The number of benzene rings is 1. The van der Waals surface area contributed by atoms with Crippen molar-refractivity contribution in [3.8, 4) is 0 Å². The molecule has 1 atom stereocenters. The lowest BCUT2D eigenvalue weighted by molar-refractivity contribution is 0.217. The Morgan fingerprint density at radius 1 is 1.40 bits per heavy atom. The minimum Gasteiger partial charge on any atom is -0.388 e. The monoisotopic (exact) mass is 207 g/mol. The van der Waals surface area contributed by atoms with Crippen LogP contribution in [0.25, 0.3) is 5.57 Å². The van der Waals surface area contributed by atoms with Gasteiger partial charge in [0.1, 0.15) is 5.82 Å². The molecule has 1 unspecified atom stereocenters. The van der Waals surface area contributed by atoms with Crippen molar-refractivity contribution in [2.75, 3.05) is 13.1 Å². The molecule has 0 spiro atoms. The van der Waals surface area contributed by atoms with E-state index in [1.165, 1.54) is 12.1 Å². The minimum absolute atomic E-state index is 0.231. The quantitative estimate of drug-likeness (QED) is 0.731. The molecule has 2 N–H and O–H groups in total. The summed E-state index contributed by atoms with van der Waals surface area (Å²) < 4.78 is 13.2. The Morgan fingerprint density at radius 2 is 2.20 bits per heavy atom. The third-order valence-corrected chi connectivity index (χ3v) is 2.48. The summed E-state index contributed by atoms with van der Waals surface area (Å²) in [6.45, 7) is 3.11.